The molecule has 0 amide bonds. The quantitative estimate of drug-likeness (QED) is 0.697. The van der Waals surface area contributed by atoms with Gasteiger partial charge in [0.05, 0.1) is 6.61 Å². The zero-order chi connectivity index (χ0) is 13.2. The maximum atomic E-state index is 5.06. The molecule has 18 heavy (non-hydrogen) atoms. The minimum Gasteiger partial charge on any atom is -0.383 e. The molecule has 0 radical (unpaired) electrons. The second-order valence-corrected chi connectivity index (χ2v) is 5.50. The molecule has 0 aromatic heterocycles. The van der Waals surface area contributed by atoms with Crippen LogP contribution in [0.15, 0.2) is 28.7 Å². The van der Waals surface area contributed by atoms with Gasteiger partial charge in [-0.1, -0.05) is 47.8 Å². The van der Waals surface area contributed by atoms with Crippen LogP contribution in [0, 0.1) is 0 Å². The Bertz CT molecular complexity index is 313. The van der Waals surface area contributed by atoms with E-state index in [0.717, 1.165) is 24.2 Å². The van der Waals surface area contributed by atoms with Crippen molar-refractivity contribution < 1.29 is 4.74 Å². The molecule has 1 atom stereocenters. The summed E-state index contributed by atoms with van der Waals surface area (Å²) in [6.07, 6.45) is 3.79. The van der Waals surface area contributed by atoms with Crippen molar-refractivity contribution in [2.45, 2.75) is 32.1 Å². The minimum atomic E-state index is 0.606. The molecule has 1 aromatic rings. The first kappa shape index (κ1) is 15.7. The van der Waals surface area contributed by atoms with Crippen molar-refractivity contribution >= 4 is 15.9 Å². The number of halogens is 1. The van der Waals surface area contributed by atoms with Crippen LogP contribution >= 0.6 is 15.9 Å². The number of nitrogens with one attached hydrogen (secondary N) is 1. The Hall–Kier alpha value is -0.380. The first-order valence-electron chi connectivity index (χ1n) is 6.73. The highest BCUT2D eigenvalue weighted by atomic mass is 79.9. The number of hydrogen-bond donors (Lipinski definition) is 1. The van der Waals surface area contributed by atoms with E-state index in [1.807, 2.05) is 0 Å². The Morgan fingerprint density at radius 3 is 2.61 bits per heavy atom. The molecule has 3 heteroatoms. The lowest BCUT2D eigenvalue weighted by molar-refractivity contribution is 0.198. The molecule has 0 saturated carbocycles. The molecule has 0 saturated heterocycles. The normalized spacial score (nSPS) is 12.6. The zero-order valence-corrected chi connectivity index (χ0v) is 13.0. The molecule has 1 N–H and O–H groups in total. The third kappa shape index (κ3) is 5.98. The highest BCUT2D eigenvalue weighted by Crippen LogP contribution is 2.23. The highest BCUT2D eigenvalue weighted by molar-refractivity contribution is 9.10. The topological polar surface area (TPSA) is 21.3 Å². The summed E-state index contributed by atoms with van der Waals surface area (Å²) in [5.74, 6) is 0.606. The maximum Gasteiger partial charge on any atom is 0.0587 e. The molecule has 0 spiro atoms. The van der Waals surface area contributed by atoms with E-state index in [-0.39, 0.29) is 0 Å². The fraction of sp³-hybridized carbons (Fsp3) is 0.600. The van der Waals surface area contributed by atoms with Gasteiger partial charge in [-0.05, 0) is 30.0 Å². The fourth-order valence-corrected chi connectivity index (χ4v) is 2.29. The van der Waals surface area contributed by atoms with Gasteiger partial charge in [0.2, 0.25) is 0 Å². The number of hydrogen-bond acceptors (Lipinski definition) is 2. The van der Waals surface area contributed by atoms with Gasteiger partial charge in [0.15, 0.2) is 0 Å². The van der Waals surface area contributed by atoms with Crippen LogP contribution in [0.2, 0.25) is 0 Å². The van der Waals surface area contributed by atoms with E-state index < -0.39 is 0 Å². The summed E-state index contributed by atoms with van der Waals surface area (Å²) in [6.45, 7) is 4.98. The van der Waals surface area contributed by atoms with Crippen molar-refractivity contribution in [2.24, 2.45) is 0 Å². The molecule has 0 aliphatic carbocycles. The van der Waals surface area contributed by atoms with E-state index in [2.05, 4.69) is 52.4 Å². The zero-order valence-electron chi connectivity index (χ0n) is 11.4. The van der Waals surface area contributed by atoms with Crippen molar-refractivity contribution in [1.82, 2.24) is 5.32 Å². The van der Waals surface area contributed by atoms with Crippen LogP contribution in [0.3, 0.4) is 0 Å². The minimum absolute atomic E-state index is 0.606. The standard InChI is InChI=1S/C15H24BrNO/c1-3-4-5-14(12-17-10-11-18-2)13-6-8-15(16)9-7-13/h6-9,14,17H,3-5,10-12H2,1-2H3. The third-order valence-electron chi connectivity index (χ3n) is 3.12. The van der Waals surface area contributed by atoms with Crippen molar-refractivity contribution in [3.05, 3.63) is 34.3 Å². The molecule has 0 fully saturated rings. The molecular weight excluding hydrogens is 290 g/mol. The second kappa shape index (κ2) is 9.54. The van der Waals surface area contributed by atoms with Crippen LogP contribution in [-0.4, -0.2) is 26.8 Å². The lowest BCUT2D eigenvalue weighted by Gasteiger charge is -2.18. The molecule has 1 unspecified atom stereocenters. The van der Waals surface area contributed by atoms with E-state index in [4.69, 9.17) is 4.74 Å². The van der Waals surface area contributed by atoms with Crippen molar-refractivity contribution in [3.63, 3.8) is 0 Å². The average Bonchev–Trinajstić information content (AvgIpc) is 2.39. The van der Waals surface area contributed by atoms with Gasteiger partial charge in [-0.25, -0.2) is 0 Å². The number of methoxy groups -OCH3 is 1. The summed E-state index contributed by atoms with van der Waals surface area (Å²) < 4.78 is 6.20. The third-order valence-corrected chi connectivity index (χ3v) is 3.65. The summed E-state index contributed by atoms with van der Waals surface area (Å²) in [6, 6.07) is 8.71. The van der Waals surface area contributed by atoms with E-state index in [1.165, 1.54) is 24.8 Å². The molecule has 0 bridgehead atoms. The number of benzene rings is 1. The number of ether oxygens (including phenoxy) is 1. The SMILES string of the molecule is CCCCC(CNCCOC)c1ccc(Br)cc1. The average molecular weight is 314 g/mol. The molecule has 0 heterocycles. The van der Waals surface area contributed by atoms with E-state index in [9.17, 15) is 0 Å². The molecule has 0 aliphatic rings. The van der Waals surface area contributed by atoms with E-state index in [1.54, 1.807) is 7.11 Å². The largest absolute Gasteiger partial charge is 0.383 e. The first-order chi connectivity index (χ1) is 8.77. The smallest absolute Gasteiger partial charge is 0.0587 e. The molecule has 102 valence electrons. The molecular formula is C15H24BrNO. The van der Waals surface area contributed by atoms with Gasteiger partial charge in [0.25, 0.3) is 0 Å². The summed E-state index contributed by atoms with van der Waals surface area (Å²) in [5.41, 5.74) is 1.43. The maximum absolute atomic E-state index is 5.06. The van der Waals surface area contributed by atoms with Crippen molar-refractivity contribution in [2.75, 3.05) is 26.8 Å². The van der Waals surface area contributed by atoms with Crippen molar-refractivity contribution in [3.8, 4) is 0 Å². The van der Waals surface area contributed by atoms with E-state index >= 15 is 0 Å². The van der Waals surface area contributed by atoms with E-state index in [0.29, 0.717) is 5.92 Å². The van der Waals surface area contributed by atoms with Crippen LogP contribution in [0.4, 0.5) is 0 Å². The van der Waals surface area contributed by atoms with Crippen molar-refractivity contribution in [1.29, 1.82) is 0 Å². The molecule has 2 nitrogen and oxygen atoms in total. The first-order valence-corrected chi connectivity index (χ1v) is 7.52. The highest BCUT2D eigenvalue weighted by Gasteiger charge is 2.10. The van der Waals surface area contributed by atoms with Gasteiger partial charge >= 0.3 is 0 Å². The summed E-state index contributed by atoms with van der Waals surface area (Å²) in [7, 11) is 1.74. The predicted molar refractivity (Wildman–Crippen MR) is 81.2 cm³/mol. The van der Waals surface area contributed by atoms with Crippen LogP contribution in [0.1, 0.15) is 37.7 Å². The van der Waals surface area contributed by atoms with Gasteiger partial charge in [-0.15, -0.1) is 0 Å². The van der Waals surface area contributed by atoms with Gasteiger partial charge in [-0.3, -0.25) is 0 Å². The van der Waals surface area contributed by atoms with Crippen LogP contribution in [0.5, 0.6) is 0 Å². The summed E-state index contributed by atoms with van der Waals surface area (Å²) >= 11 is 3.49. The van der Waals surface area contributed by atoms with Gasteiger partial charge in [0.1, 0.15) is 0 Å². The Labute approximate surface area is 119 Å². The Balaban J connectivity index is 2.51. The Morgan fingerprint density at radius 2 is 2.00 bits per heavy atom. The van der Waals surface area contributed by atoms with Crippen LogP contribution in [0.25, 0.3) is 0 Å². The monoisotopic (exact) mass is 313 g/mol. The molecule has 1 aromatic carbocycles. The van der Waals surface area contributed by atoms with Gasteiger partial charge in [0, 0.05) is 24.7 Å². The Kier molecular flexibility index (Phi) is 8.31. The Morgan fingerprint density at radius 1 is 1.28 bits per heavy atom. The van der Waals surface area contributed by atoms with Gasteiger partial charge < -0.3 is 10.1 Å². The molecule has 0 aliphatic heterocycles. The summed E-state index contributed by atoms with van der Waals surface area (Å²) in [4.78, 5) is 0. The fourth-order valence-electron chi connectivity index (χ4n) is 2.02. The molecule has 1 rings (SSSR count). The summed E-state index contributed by atoms with van der Waals surface area (Å²) in [5, 5.41) is 3.47. The van der Waals surface area contributed by atoms with Gasteiger partial charge in [-0.2, -0.15) is 0 Å². The van der Waals surface area contributed by atoms with Crippen LogP contribution in [-0.2, 0) is 4.74 Å². The lowest BCUT2D eigenvalue weighted by atomic mass is 9.93. The lowest BCUT2D eigenvalue weighted by Crippen LogP contribution is -2.25. The predicted octanol–water partition coefficient (Wildman–Crippen LogP) is 3.96. The second-order valence-electron chi connectivity index (χ2n) is 4.59. The number of unbranched alkanes of at least 4 members (excludes halogenated alkanes) is 1. The number of rotatable bonds is 9. The van der Waals surface area contributed by atoms with Crippen LogP contribution < -0.4 is 5.32 Å².